The predicted octanol–water partition coefficient (Wildman–Crippen LogP) is 4.68. The quantitative estimate of drug-likeness (QED) is 0.195. The number of anilines is 2. The number of morpholine rings is 1. The molecule has 1 aromatic carbocycles. The molecular formula is C34H42N12O3. The molecule has 1 saturated heterocycles. The van der Waals surface area contributed by atoms with E-state index in [9.17, 15) is 5.26 Å². The molecule has 4 heterocycles. The lowest BCUT2D eigenvalue weighted by atomic mass is 9.89. The number of hydrogen-bond donors (Lipinski definition) is 1. The molecule has 2 fully saturated rings. The van der Waals surface area contributed by atoms with Gasteiger partial charge < -0.3 is 19.5 Å². The smallest absolute Gasteiger partial charge is 0.256 e. The Morgan fingerprint density at radius 1 is 1.04 bits per heavy atom. The zero-order valence-electron chi connectivity index (χ0n) is 28.1. The number of ether oxygens (including phenoxy) is 3. The molecule has 15 heteroatoms. The van der Waals surface area contributed by atoms with Crippen molar-refractivity contribution in [2.45, 2.75) is 96.2 Å². The number of hydrogen-bond acceptors (Lipinski definition) is 13. The summed E-state index contributed by atoms with van der Waals surface area (Å²) in [6.07, 6.45) is 12.5. The van der Waals surface area contributed by atoms with Crippen molar-refractivity contribution in [3.63, 3.8) is 0 Å². The number of nitrogens with one attached hydrogen (secondary N) is 1. The van der Waals surface area contributed by atoms with Crippen molar-refractivity contribution in [1.82, 2.24) is 44.9 Å². The second-order valence-corrected chi connectivity index (χ2v) is 12.8. The van der Waals surface area contributed by atoms with E-state index >= 15 is 0 Å². The minimum absolute atomic E-state index is 0.260. The molecule has 49 heavy (non-hydrogen) atoms. The summed E-state index contributed by atoms with van der Waals surface area (Å²) in [5.41, 5.74) is 2.66. The van der Waals surface area contributed by atoms with Gasteiger partial charge in [-0.1, -0.05) is 6.07 Å². The van der Waals surface area contributed by atoms with E-state index in [-0.39, 0.29) is 24.4 Å². The maximum atomic E-state index is 9.66. The molecule has 0 unspecified atom stereocenters. The maximum absolute atomic E-state index is 9.66. The molecule has 2 aliphatic rings. The zero-order chi connectivity index (χ0) is 34.2. The third kappa shape index (κ3) is 8.68. The van der Waals surface area contributed by atoms with Crippen LogP contribution in [0.4, 0.5) is 11.6 Å². The van der Waals surface area contributed by atoms with Crippen LogP contribution in [-0.2, 0) is 11.3 Å². The third-order valence-corrected chi connectivity index (χ3v) is 8.87. The second kappa shape index (κ2) is 15.9. The van der Waals surface area contributed by atoms with E-state index in [0.717, 1.165) is 49.9 Å². The fourth-order valence-electron chi connectivity index (χ4n) is 6.61. The number of aromatic nitrogens is 8. The van der Waals surface area contributed by atoms with Gasteiger partial charge in [0.15, 0.2) is 0 Å². The number of nitriles is 2. The Labute approximate surface area is 285 Å². The van der Waals surface area contributed by atoms with Crippen LogP contribution >= 0.6 is 0 Å². The highest BCUT2D eigenvalue weighted by Crippen LogP contribution is 2.35. The molecule has 0 radical (unpaired) electrons. The molecule has 1 aliphatic carbocycles. The van der Waals surface area contributed by atoms with Gasteiger partial charge in [0.25, 0.3) is 5.88 Å². The zero-order valence-corrected chi connectivity index (χ0v) is 28.1. The standard InChI is InChI=1S/C34H42N12O3/c1-23-18-44(19-24(2)48-23)29-8-10-30(11-9-29)46-21-31(33(41-46)47-13-5-4-12-35)40-34-37-16-28(17-38-34)26-6-7-27(15-36)32(14-26)49-25(3)20-45-22-39-42-43-45/h6-7,14,16-17,21-25,29-30H,4-5,8-11,13,18-20H2,1-3H3,(H,37,38,40)/t23-,24+,25-,29?,30?/m0/s1. The molecule has 1 saturated carbocycles. The SMILES string of the molecule is C[C@@H]1CN(C2CCC(n3cc(Nc4ncc(-c5ccc(C#N)c(O[C@@H](C)Cn6cnnn6)c5)cn4)c(OCCCC#N)n3)CC2)C[C@H](C)O1. The first-order chi connectivity index (χ1) is 23.9. The van der Waals surface area contributed by atoms with E-state index in [4.69, 9.17) is 24.6 Å². The van der Waals surface area contributed by atoms with Gasteiger partial charge in [0.2, 0.25) is 5.95 Å². The number of rotatable bonds is 13. The summed E-state index contributed by atoms with van der Waals surface area (Å²) in [5, 5.41) is 37.9. The van der Waals surface area contributed by atoms with Crippen LogP contribution in [0, 0.1) is 22.7 Å². The van der Waals surface area contributed by atoms with Crippen LogP contribution < -0.4 is 14.8 Å². The molecule has 1 N–H and O–H groups in total. The second-order valence-electron chi connectivity index (χ2n) is 12.8. The van der Waals surface area contributed by atoms with E-state index in [1.165, 1.54) is 6.33 Å². The summed E-state index contributed by atoms with van der Waals surface area (Å²) < 4.78 is 21.7. The predicted molar refractivity (Wildman–Crippen MR) is 179 cm³/mol. The summed E-state index contributed by atoms with van der Waals surface area (Å²) in [6.45, 7) is 8.99. The number of unbranched alkanes of at least 4 members (excludes halogenated alkanes) is 1. The Bertz CT molecular complexity index is 1730. The van der Waals surface area contributed by atoms with Crippen molar-refractivity contribution >= 4 is 11.6 Å². The molecule has 15 nitrogen and oxygen atoms in total. The largest absolute Gasteiger partial charge is 0.487 e. The van der Waals surface area contributed by atoms with Crippen LogP contribution in [0.25, 0.3) is 11.1 Å². The average Bonchev–Trinajstić information content (AvgIpc) is 3.76. The summed E-state index contributed by atoms with van der Waals surface area (Å²) >= 11 is 0. The molecular weight excluding hydrogens is 624 g/mol. The molecule has 0 amide bonds. The van der Waals surface area contributed by atoms with Gasteiger partial charge >= 0.3 is 0 Å². The number of tetrazole rings is 1. The van der Waals surface area contributed by atoms with Crippen molar-refractivity contribution < 1.29 is 14.2 Å². The van der Waals surface area contributed by atoms with E-state index < -0.39 is 0 Å². The molecule has 256 valence electrons. The van der Waals surface area contributed by atoms with Crippen molar-refractivity contribution in [2.24, 2.45) is 0 Å². The van der Waals surface area contributed by atoms with Crippen molar-refractivity contribution in [3.8, 4) is 34.9 Å². The summed E-state index contributed by atoms with van der Waals surface area (Å²) in [4.78, 5) is 11.7. The fourth-order valence-corrected chi connectivity index (χ4v) is 6.61. The highest BCUT2D eigenvalue weighted by molar-refractivity contribution is 5.67. The monoisotopic (exact) mass is 666 g/mol. The Kier molecular flexibility index (Phi) is 10.9. The summed E-state index contributed by atoms with van der Waals surface area (Å²) in [5.74, 6) is 1.31. The van der Waals surface area contributed by atoms with Gasteiger partial charge in [0.05, 0.1) is 49.2 Å². The molecule has 0 bridgehead atoms. The fraction of sp³-hybridized carbons (Fsp3) is 0.529. The third-order valence-electron chi connectivity index (χ3n) is 8.87. The van der Waals surface area contributed by atoms with Gasteiger partial charge in [-0.05, 0) is 81.0 Å². The van der Waals surface area contributed by atoms with Crippen LogP contribution in [0.5, 0.6) is 11.6 Å². The van der Waals surface area contributed by atoms with Crippen LogP contribution in [0.2, 0.25) is 0 Å². The number of nitrogens with zero attached hydrogens (tertiary/aromatic N) is 11. The van der Waals surface area contributed by atoms with Gasteiger partial charge in [-0.15, -0.1) is 10.2 Å². The Morgan fingerprint density at radius 3 is 2.49 bits per heavy atom. The molecule has 0 spiro atoms. The van der Waals surface area contributed by atoms with Crippen LogP contribution in [0.1, 0.15) is 70.9 Å². The average molecular weight is 667 g/mol. The lowest BCUT2D eigenvalue weighted by molar-refractivity contribution is -0.0852. The minimum atomic E-state index is -0.279. The van der Waals surface area contributed by atoms with E-state index in [0.29, 0.717) is 60.9 Å². The van der Waals surface area contributed by atoms with Gasteiger partial charge in [-0.3, -0.25) is 9.58 Å². The topological polar surface area (TPSA) is 178 Å². The minimum Gasteiger partial charge on any atom is -0.487 e. The van der Waals surface area contributed by atoms with Crippen LogP contribution in [0.3, 0.4) is 0 Å². The Morgan fingerprint density at radius 2 is 1.80 bits per heavy atom. The van der Waals surface area contributed by atoms with Crippen LogP contribution in [0.15, 0.2) is 43.1 Å². The summed E-state index contributed by atoms with van der Waals surface area (Å²) in [7, 11) is 0. The first-order valence-electron chi connectivity index (χ1n) is 16.9. The van der Waals surface area contributed by atoms with Gasteiger partial charge in [-0.25, -0.2) is 14.6 Å². The highest BCUT2D eigenvalue weighted by Gasteiger charge is 2.32. The lowest BCUT2D eigenvalue weighted by Gasteiger charge is -2.42. The maximum Gasteiger partial charge on any atom is 0.256 e. The molecule has 6 rings (SSSR count). The van der Waals surface area contributed by atoms with Crippen molar-refractivity contribution in [1.29, 1.82) is 10.5 Å². The molecule has 3 atom stereocenters. The first-order valence-corrected chi connectivity index (χ1v) is 16.9. The lowest BCUT2D eigenvalue weighted by Crippen LogP contribution is -2.51. The van der Waals surface area contributed by atoms with Gasteiger partial charge in [0.1, 0.15) is 29.9 Å². The van der Waals surface area contributed by atoms with Crippen molar-refractivity contribution in [2.75, 3.05) is 25.0 Å². The highest BCUT2D eigenvalue weighted by atomic mass is 16.5. The first kappa shape index (κ1) is 33.8. The van der Waals surface area contributed by atoms with E-state index in [1.807, 2.05) is 29.9 Å². The normalized spacial score (nSPS) is 21.7. The summed E-state index contributed by atoms with van der Waals surface area (Å²) in [6, 6.07) is 10.6. The Hall–Kier alpha value is -5.12. The van der Waals surface area contributed by atoms with E-state index in [1.54, 1.807) is 23.1 Å². The van der Waals surface area contributed by atoms with Gasteiger partial charge in [0, 0.05) is 43.5 Å². The Balaban J connectivity index is 1.13. The van der Waals surface area contributed by atoms with Crippen molar-refractivity contribution in [3.05, 3.63) is 48.7 Å². The van der Waals surface area contributed by atoms with E-state index in [2.05, 4.69) is 61.7 Å². The molecule has 3 aromatic heterocycles. The van der Waals surface area contributed by atoms with Gasteiger partial charge in [-0.2, -0.15) is 10.5 Å². The van der Waals surface area contributed by atoms with Crippen LogP contribution in [-0.4, -0.2) is 88.9 Å². The number of benzene rings is 1. The molecule has 4 aromatic rings. The molecule has 1 aliphatic heterocycles.